The summed E-state index contributed by atoms with van der Waals surface area (Å²) in [6, 6.07) is 19.1. The number of hydrogen-bond donors (Lipinski definition) is 3. The maximum absolute atomic E-state index is 12.1. The minimum Gasteiger partial charge on any atom is -0.369 e. The van der Waals surface area contributed by atoms with E-state index in [1.165, 1.54) is 16.8 Å². The zero-order valence-electron chi connectivity index (χ0n) is 17.7. The molecule has 1 atom stereocenters. The average molecular weight is 521 g/mol. The number of halogens is 1. The zero-order chi connectivity index (χ0) is 20.5. The summed E-state index contributed by atoms with van der Waals surface area (Å²) in [4.78, 5) is 18.7. The first-order valence-electron chi connectivity index (χ1n) is 10.2. The summed E-state index contributed by atoms with van der Waals surface area (Å²) >= 11 is 0. The number of carbonyl (C=O) groups excluding carboxylic acids is 1. The van der Waals surface area contributed by atoms with E-state index in [4.69, 9.17) is 0 Å². The lowest BCUT2D eigenvalue weighted by atomic mass is 10.1. The Kier molecular flexibility index (Phi) is 9.93. The molecule has 1 saturated heterocycles. The topological polar surface area (TPSA) is 68.8 Å². The molecule has 1 aliphatic heterocycles. The van der Waals surface area contributed by atoms with E-state index in [1.807, 2.05) is 18.2 Å². The van der Waals surface area contributed by atoms with Gasteiger partial charge in [-0.25, -0.2) is 0 Å². The second kappa shape index (κ2) is 12.4. The highest BCUT2D eigenvalue weighted by Gasteiger charge is 2.23. The van der Waals surface area contributed by atoms with Crippen LogP contribution < -0.4 is 20.9 Å². The van der Waals surface area contributed by atoms with Crippen LogP contribution in [0.3, 0.4) is 0 Å². The smallest absolute Gasteiger partial charge is 0.239 e. The van der Waals surface area contributed by atoms with Crippen LogP contribution in [-0.2, 0) is 11.2 Å². The van der Waals surface area contributed by atoms with E-state index in [0.29, 0.717) is 18.5 Å². The van der Waals surface area contributed by atoms with Crippen LogP contribution in [0.5, 0.6) is 0 Å². The number of nitrogens with zero attached hydrogens (tertiary/aromatic N) is 2. The Morgan fingerprint density at radius 3 is 2.53 bits per heavy atom. The van der Waals surface area contributed by atoms with Gasteiger partial charge in [-0.1, -0.05) is 48.0 Å². The summed E-state index contributed by atoms with van der Waals surface area (Å²) < 4.78 is 0. The van der Waals surface area contributed by atoms with Gasteiger partial charge in [0.05, 0.1) is 6.54 Å². The number of carbonyl (C=O) groups is 1. The molecule has 0 saturated carbocycles. The molecule has 1 unspecified atom stereocenters. The highest BCUT2D eigenvalue weighted by molar-refractivity contribution is 14.0. The van der Waals surface area contributed by atoms with Gasteiger partial charge in [0.1, 0.15) is 0 Å². The predicted molar refractivity (Wildman–Crippen MR) is 135 cm³/mol. The Hall–Kier alpha value is -2.29. The molecule has 1 fully saturated rings. The van der Waals surface area contributed by atoms with E-state index in [9.17, 15) is 4.79 Å². The van der Waals surface area contributed by atoms with Crippen LogP contribution in [0.2, 0.25) is 0 Å². The van der Waals surface area contributed by atoms with Gasteiger partial charge in [-0.3, -0.25) is 9.79 Å². The lowest BCUT2D eigenvalue weighted by molar-refractivity contribution is -0.119. The molecule has 1 amide bonds. The van der Waals surface area contributed by atoms with Crippen molar-refractivity contribution >= 4 is 41.5 Å². The van der Waals surface area contributed by atoms with Crippen molar-refractivity contribution in [2.75, 3.05) is 38.1 Å². The monoisotopic (exact) mass is 521 g/mol. The summed E-state index contributed by atoms with van der Waals surface area (Å²) in [5.74, 6) is 0.635. The van der Waals surface area contributed by atoms with Gasteiger partial charge in [-0.2, -0.15) is 0 Å². The van der Waals surface area contributed by atoms with E-state index in [2.05, 4.69) is 69.2 Å². The van der Waals surface area contributed by atoms with Crippen LogP contribution in [0, 0.1) is 6.92 Å². The molecule has 0 aliphatic carbocycles. The lowest BCUT2D eigenvalue weighted by Crippen LogP contribution is -2.47. The lowest BCUT2D eigenvalue weighted by Gasteiger charge is -2.20. The average Bonchev–Trinajstić information content (AvgIpc) is 3.21. The van der Waals surface area contributed by atoms with E-state index in [0.717, 1.165) is 25.9 Å². The van der Waals surface area contributed by atoms with Crippen molar-refractivity contribution < 1.29 is 4.79 Å². The van der Waals surface area contributed by atoms with Gasteiger partial charge in [-0.05, 0) is 37.5 Å². The number of amides is 1. The number of anilines is 1. The van der Waals surface area contributed by atoms with Crippen LogP contribution >= 0.6 is 24.0 Å². The molecule has 2 aromatic rings. The molecule has 30 heavy (non-hydrogen) atoms. The Morgan fingerprint density at radius 2 is 1.83 bits per heavy atom. The van der Waals surface area contributed by atoms with Gasteiger partial charge >= 0.3 is 0 Å². The fourth-order valence-corrected chi connectivity index (χ4v) is 3.47. The van der Waals surface area contributed by atoms with Crippen molar-refractivity contribution in [1.29, 1.82) is 0 Å². The Labute approximate surface area is 196 Å². The first kappa shape index (κ1) is 24.0. The van der Waals surface area contributed by atoms with Crippen molar-refractivity contribution in [1.82, 2.24) is 16.0 Å². The number of hydrogen-bond acceptors (Lipinski definition) is 3. The molecule has 0 bridgehead atoms. The Morgan fingerprint density at radius 1 is 1.10 bits per heavy atom. The van der Waals surface area contributed by atoms with Crippen molar-refractivity contribution in [2.24, 2.45) is 4.99 Å². The highest BCUT2D eigenvalue weighted by atomic mass is 127. The summed E-state index contributed by atoms with van der Waals surface area (Å²) in [6.07, 6.45) is 1.87. The van der Waals surface area contributed by atoms with Gasteiger partial charge < -0.3 is 20.9 Å². The second-order valence-corrected chi connectivity index (χ2v) is 7.42. The van der Waals surface area contributed by atoms with Gasteiger partial charge in [0, 0.05) is 38.4 Å². The van der Waals surface area contributed by atoms with Crippen LogP contribution in [0.25, 0.3) is 0 Å². The first-order valence-corrected chi connectivity index (χ1v) is 10.2. The zero-order valence-corrected chi connectivity index (χ0v) is 20.1. The SMILES string of the molecule is CN=C(NCC(=O)NCCc1ccccc1)NC1CCN(c2ccc(C)cc2)C1.I. The number of guanidine groups is 1. The quantitative estimate of drug-likeness (QED) is 0.298. The molecule has 7 heteroatoms. The van der Waals surface area contributed by atoms with Crippen molar-refractivity contribution in [3.63, 3.8) is 0 Å². The molecule has 1 aliphatic rings. The summed E-state index contributed by atoms with van der Waals surface area (Å²) in [5.41, 5.74) is 3.74. The van der Waals surface area contributed by atoms with Crippen LogP contribution in [0.4, 0.5) is 5.69 Å². The fraction of sp³-hybridized carbons (Fsp3) is 0.391. The van der Waals surface area contributed by atoms with Crippen LogP contribution in [0.1, 0.15) is 17.5 Å². The third-order valence-corrected chi connectivity index (χ3v) is 5.15. The third kappa shape index (κ3) is 7.51. The van der Waals surface area contributed by atoms with E-state index in [1.54, 1.807) is 7.05 Å². The summed E-state index contributed by atoms with van der Waals surface area (Å²) in [5, 5.41) is 9.49. The molecule has 0 radical (unpaired) electrons. The second-order valence-electron chi connectivity index (χ2n) is 7.42. The number of benzene rings is 2. The predicted octanol–water partition coefficient (Wildman–Crippen LogP) is 2.72. The molecule has 3 rings (SSSR count). The normalized spacial score (nSPS) is 16.0. The molecular formula is C23H32IN5O. The standard InChI is InChI=1S/C23H31N5O.HI/c1-18-8-10-21(11-9-18)28-15-13-20(17-28)27-23(24-2)26-16-22(29)25-14-12-19-6-4-3-5-7-19;/h3-11,20H,12-17H2,1-2H3,(H,25,29)(H2,24,26,27);1H. The van der Waals surface area contributed by atoms with Gasteiger partial charge in [0.2, 0.25) is 5.91 Å². The van der Waals surface area contributed by atoms with Gasteiger partial charge in [0.25, 0.3) is 0 Å². The highest BCUT2D eigenvalue weighted by Crippen LogP contribution is 2.20. The minimum atomic E-state index is -0.0309. The molecule has 0 spiro atoms. The minimum absolute atomic E-state index is 0. The molecule has 1 heterocycles. The Balaban J connectivity index is 0.00000320. The van der Waals surface area contributed by atoms with Crippen LogP contribution in [-0.4, -0.2) is 51.1 Å². The maximum Gasteiger partial charge on any atom is 0.239 e. The molecule has 162 valence electrons. The maximum atomic E-state index is 12.1. The van der Waals surface area contributed by atoms with Crippen molar-refractivity contribution in [3.8, 4) is 0 Å². The van der Waals surface area contributed by atoms with E-state index in [-0.39, 0.29) is 36.4 Å². The number of rotatable bonds is 7. The van der Waals surface area contributed by atoms with Gasteiger partial charge in [0.15, 0.2) is 5.96 Å². The van der Waals surface area contributed by atoms with Gasteiger partial charge in [-0.15, -0.1) is 24.0 Å². The molecule has 2 aromatic carbocycles. The molecule has 6 nitrogen and oxygen atoms in total. The number of nitrogens with one attached hydrogen (secondary N) is 3. The first-order chi connectivity index (χ1) is 14.1. The number of aryl methyl sites for hydroxylation is 1. The number of aliphatic imine (C=N–C) groups is 1. The van der Waals surface area contributed by atoms with Crippen LogP contribution in [0.15, 0.2) is 59.6 Å². The summed E-state index contributed by atoms with van der Waals surface area (Å²) in [6.45, 7) is 4.88. The summed E-state index contributed by atoms with van der Waals surface area (Å²) in [7, 11) is 1.73. The largest absolute Gasteiger partial charge is 0.369 e. The van der Waals surface area contributed by atoms with E-state index >= 15 is 0 Å². The van der Waals surface area contributed by atoms with E-state index < -0.39 is 0 Å². The molecule has 3 N–H and O–H groups in total. The Bertz CT molecular complexity index is 810. The van der Waals surface area contributed by atoms with Crippen molar-refractivity contribution in [3.05, 3.63) is 65.7 Å². The molecular weight excluding hydrogens is 489 g/mol. The fourth-order valence-electron chi connectivity index (χ4n) is 3.47. The van der Waals surface area contributed by atoms with Crippen molar-refractivity contribution in [2.45, 2.75) is 25.8 Å². The molecule has 0 aromatic heterocycles. The third-order valence-electron chi connectivity index (χ3n) is 5.15.